The molecule has 7 heteroatoms. The van der Waals surface area contributed by atoms with Crippen molar-refractivity contribution in [3.63, 3.8) is 0 Å². The van der Waals surface area contributed by atoms with Gasteiger partial charge in [-0.25, -0.2) is 9.97 Å². The summed E-state index contributed by atoms with van der Waals surface area (Å²) in [6.45, 7) is 1.63. The van der Waals surface area contributed by atoms with Gasteiger partial charge in [0.15, 0.2) is 0 Å². The third-order valence-electron chi connectivity index (χ3n) is 4.56. The molecule has 0 radical (unpaired) electrons. The Bertz CT molecular complexity index is 1160. The van der Waals surface area contributed by atoms with Gasteiger partial charge in [-0.15, -0.1) is 0 Å². The van der Waals surface area contributed by atoms with Crippen LogP contribution in [0.3, 0.4) is 0 Å². The monoisotopic (exact) mass is 361 g/mol. The van der Waals surface area contributed by atoms with E-state index in [2.05, 4.69) is 10.1 Å². The highest BCUT2D eigenvalue weighted by Crippen LogP contribution is 2.28. The summed E-state index contributed by atoms with van der Waals surface area (Å²) in [5, 5.41) is 14.1. The van der Waals surface area contributed by atoms with Gasteiger partial charge in [0.2, 0.25) is 0 Å². The lowest BCUT2D eigenvalue weighted by Gasteiger charge is -2.14. The lowest BCUT2D eigenvalue weighted by molar-refractivity contribution is 0.236. The molecule has 0 spiro atoms. The summed E-state index contributed by atoms with van der Waals surface area (Å²) in [5.74, 6) is 0. The molecule has 4 rings (SSSR count). The van der Waals surface area contributed by atoms with Gasteiger partial charge in [0.1, 0.15) is 11.2 Å². The molecular formula is C20H19N5O2. The first-order valence-electron chi connectivity index (χ1n) is 8.65. The van der Waals surface area contributed by atoms with Crippen molar-refractivity contribution in [2.45, 2.75) is 13.0 Å². The maximum atomic E-state index is 13.1. The zero-order valence-electron chi connectivity index (χ0n) is 15.1. The Morgan fingerprint density at radius 2 is 1.96 bits per heavy atom. The van der Waals surface area contributed by atoms with E-state index in [4.69, 9.17) is 4.98 Å². The van der Waals surface area contributed by atoms with Crippen molar-refractivity contribution in [1.82, 2.24) is 24.3 Å². The molecule has 0 amide bonds. The molecule has 1 atom stereocenters. The van der Waals surface area contributed by atoms with Crippen molar-refractivity contribution in [3.05, 3.63) is 65.5 Å². The molecule has 0 bridgehead atoms. The molecule has 3 aromatic heterocycles. The third kappa shape index (κ3) is 3.02. The summed E-state index contributed by atoms with van der Waals surface area (Å²) in [6, 6.07) is 11.1. The van der Waals surface area contributed by atoms with Gasteiger partial charge >= 0.3 is 0 Å². The number of pyridine rings is 1. The van der Waals surface area contributed by atoms with Crippen molar-refractivity contribution in [2.24, 2.45) is 7.05 Å². The number of hydrogen-bond acceptors (Lipinski definition) is 5. The number of aliphatic hydroxyl groups is 1. The van der Waals surface area contributed by atoms with Crippen molar-refractivity contribution < 1.29 is 5.11 Å². The summed E-state index contributed by atoms with van der Waals surface area (Å²) in [4.78, 5) is 22.3. The molecule has 0 fully saturated rings. The van der Waals surface area contributed by atoms with Gasteiger partial charge in [0.25, 0.3) is 5.56 Å². The van der Waals surface area contributed by atoms with Gasteiger partial charge in [-0.1, -0.05) is 30.3 Å². The van der Waals surface area contributed by atoms with E-state index < -0.39 is 0 Å². The Hall–Kier alpha value is -3.32. The van der Waals surface area contributed by atoms with E-state index in [9.17, 15) is 9.90 Å². The minimum atomic E-state index is -0.357. The maximum absolute atomic E-state index is 13.1. The Balaban J connectivity index is 2.06. The van der Waals surface area contributed by atoms with Crippen LogP contribution in [0, 0.1) is 0 Å². The second kappa shape index (κ2) is 6.77. The summed E-state index contributed by atoms with van der Waals surface area (Å²) < 4.78 is 3.14. The Kier molecular flexibility index (Phi) is 4.29. The van der Waals surface area contributed by atoms with E-state index in [0.717, 1.165) is 11.1 Å². The van der Waals surface area contributed by atoms with Crippen LogP contribution in [0.25, 0.3) is 33.4 Å². The maximum Gasteiger partial charge on any atom is 0.261 e. The van der Waals surface area contributed by atoms with Crippen LogP contribution in [0.4, 0.5) is 0 Å². The average molecular weight is 361 g/mol. The highest BCUT2D eigenvalue weighted by molar-refractivity contribution is 5.93. The first kappa shape index (κ1) is 17.1. The van der Waals surface area contributed by atoms with E-state index in [-0.39, 0.29) is 18.2 Å². The molecule has 3 heterocycles. The third-order valence-corrected chi connectivity index (χ3v) is 4.56. The van der Waals surface area contributed by atoms with E-state index in [0.29, 0.717) is 22.3 Å². The van der Waals surface area contributed by atoms with Gasteiger partial charge in [-0.3, -0.25) is 14.0 Å². The zero-order chi connectivity index (χ0) is 19.0. The van der Waals surface area contributed by atoms with Crippen molar-refractivity contribution >= 4 is 10.9 Å². The molecule has 1 N–H and O–H groups in total. The van der Waals surface area contributed by atoms with Crippen LogP contribution in [0.2, 0.25) is 0 Å². The smallest absolute Gasteiger partial charge is 0.261 e. The number of rotatable bonds is 4. The average Bonchev–Trinajstić information content (AvgIpc) is 3.14. The molecule has 0 unspecified atom stereocenters. The first-order valence-corrected chi connectivity index (χ1v) is 8.65. The van der Waals surface area contributed by atoms with E-state index in [1.54, 1.807) is 23.9 Å². The highest BCUT2D eigenvalue weighted by Gasteiger charge is 2.17. The largest absolute Gasteiger partial charge is 0.394 e. The quantitative estimate of drug-likeness (QED) is 0.603. The lowest BCUT2D eigenvalue weighted by atomic mass is 10.1. The number of aliphatic hydroxyl groups excluding tert-OH is 1. The molecule has 7 nitrogen and oxygen atoms in total. The van der Waals surface area contributed by atoms with Crippen LogP contribution in [0.5, 0.6) is 0 Å². The molecule has 4 aromatic rings. The Morgan fingerprint density at radius 3 is 2.63 bits per heavy atom. The standard InChI is InChI=1S/C20H19N5O2/c1-13(11-26)25-12-21-19-16(20(25)27)8-17(14-6-4-3-5-7-14)23-18(19)15-9-22-24(2)10-15/h3-10,12-13,26H,11H2,1-2H3/t13-/m0/s1. The van der Waals surface area contributed by atoms with E-state index in [1.165, 1.54) is 10.9 Å². The fourth-order valence-corrected chi connectivity index (χ4v) is 3.05. The van der Waals surface area contributed by atoms with Gasteiger partial charge in [0, 0.05) is 24.4 Å². The zero-order valence-corrected chi connectivity index (χ0v) is 15.1. The summed E-state index contributed by atoms with van der Waals surface area (Å²) in [6.07, 6.45) is 5.02. The summed E-state index contributed by atoms with van der Waals surface area (Å²) in [5.41, 5.74) is 3.32. The number of fused-ring (bicyclic) bond motifs is 1. The van der Waals surface area contributed by atoms with Gasteiger partial charge in [-0.2, -0.15) is 5.10 Å². The molecule has 0 aliphatic rings. The van der Waals surface area contributed by atoms with Gasteiger partial charge < -0.3 is 5.11 Å². The minimum Gasteiger partial charge on any atom is -0.394 e. The normalized spacial score (nSPS) is 12.4. The Morgan fingerprint density at radius 1 is 1.19 bits per heavy atom. The number of aryl methyl sites for hydroxylation is 1. The van der Waals surface area contributed by atoms with Crippen LogP contribution in [-0.4, -0.2) is 36.0 Å². The first-order chi connectivity index (χ1) is 13.1. The van der Waals surface area contributed by atoms with E-state index >= 15 is 0 Å². The van der Waals surface area contributed by atoms with Crippen LogP contribution >= 0.6 is 0 Å². The van der Waals surface area contributed by atoms with Crippen molar-refractivity contribution in [2.75, 3.05) is 6.61 Å². The minimum absolute atomic E-state index is 0.140. The lowest BCUT2D eigenvalue weighted by Crippen LogP contribution is -2.25. The highest BCUT2D eigenvalue weighted by atomic mass is 16.3. The van der Waals surface area contributed by atoms with Crippen molar-refractivity contribution in [3.8, 4) is 22.5 Å². The second-order valence-electron chi connectivity index (χ2n) is 6.51. The van der Waals surface area contributed by atoms with Crippen LogP contribution < -0.4 is 5.56 Å². The molecule has 27 heavy (non-hydrogen) atoms. The fraction of sp³-hybridized carbons (Fsp3) is 0.200. The topological polar surface area (TPSA) is 85.8 Å². The molecule has 0 aliphatic heterocycles. The molecule has 136 valence electrons. The number of benzene rings is 1. The van der Waals surface area contributed by atoms with Gasteiger partial charge in [-0.05, 0) is 13.0 Å². The van der Waals surface area contributed by atoms with E-state index in [1.807, 2.05) is 43.6 Å². The van der Waals surface area contributed by atoms with Crippen LogP contribution in [-0.2, 0) is 7.05 Å². The molecule has 0 saturated heterocycles. The fourth-order valence-electron chi connectivity index (χ4n) is 3.05. The van der Waals surface area contributed by atoms with Crippen LogP contribution in [0.1, 0.15) is 13.0 Å². The second-order valence-corrected chi connectivity index (χ2v) is 6.51. The summed E-state index contributed by atoms with van der Waals surface area (Å²) in [7, 11) is 1.83. The molecule has 0 aliphatic carbocycles. The van der Waals surface area contributed by atoms with Gasteiger partial charge in [0.05, 0.1) is 36.3 Å². The number of nitrogens with zero attached hydrogens (tertiary/aromatic N) is 5. The number of aromatic nitrogens is 5. The SMILES string of the molecule is C[C@@H](CO)n1cnc2c(-c3cnn(C)c3)nc(-c3ccccc3)cc2c1=O. The number of hydrogen-bond donors (Lipinski definition) is 1. The molecule has 1 aromatic carbocycles. The predicted molar refractivity (Wildman–Crippen MR) is 103 cm³/mol. The summed E-state index contributed by atoms with van der Waals surface area (Å²) >= 11 is 0. The Labute approximate surface area is 155 Å². The molecular weight excluding hydrogens is 342 g/mol. The predicted octanol–water partition coefficient (Wildman–Crippen LogP) is 2.41. The van der Waals surface area contributed by atoms with Crippen LogP contribution in [0.15, 0.2) is 59.9 Å². The van der Waals surface area contributed by atoms with Crippen molar-refractivity contribution in [1.29, 1.82) is 0 Å². The molecule has 0 saturated carbocycles.